The second-order valence-corrected chi connectivity index (χ2v) is 8.03. The Morgan fingerprint density at radius 2 is 1.76 bits per heavy atom. The van der Waals surface area contributed by atoms with E-state index in [1.54, 1.807) is 6.20 Å². The minimum atomic E-state index is 0.149. The molecule has 3 aliphatic rings. The maximum atomic E-state index is 12.8. The van der Waals surface area contributed by atoms with Gasteiger partial charge in [-0.25, -0.2) is 4.98 Å². The van der Waals surface area contributed by atoms with Crippen molar-refractivity contribution in [2.75, 3.05) is 44.2 Å². The minimum absolute atomic E-state index is 0.149. The fourth-order valence-corrected chi connectivity index (χ4v) is 4.59. The molecule has 0 saturated carbocycles. The van der Waals surface area contributed by atoms with Gasteiger partial charge >= 0.3 is 0 Å². The zero-order valence-electron chi connectivity index (χ0n) is 15.2. The third-order valence-corrected chi connectivity index (χ3v) is 6.37. The number of aromatic nitrogens is 1. The van der Waals surface area contributed by atoms with E-state index in [1.165, 1.54) is 32.1 Å². The zero-order chi connectivity index (χ0) is 17.1. The first-order valence-corrected chi connectivity index (χ1v) is 9.97. The van der Waals surface area contributed by atoms with Gasteiger partial charge in [0.2, 0.25) is 0 Å². The lowest BCUT2D eigenvalue weighted by Gasteiger charge is -2.38. The Morgan fingerprint density at radius 1 is 1.00 bits per heavy atom. The molecule has 0 unspecified atom stereocenters. The monoisotopic (exact) mass is 342 g/mol. The van der Waals surface area contributed by atoms with E-state index in [-0.39, 0.29) is 5.91 Å². The predicted octanol–water partition coefficient (Wildman–Crippen LogP) is 2.68. The number of pyridine rings is 1. The number of amides is 1. The van der Waals surface area contributed by atoms with Crippen molar-refractivity contribution in [2.24, 2.45) is 5.41 Å². The lowest BCUT2D eigenvalue weighted by atomic mass is 9.78. The number of nitrogens with one attached hydrogen (secondary N) is 1. The summed E-state index contributed by atoms with van der Waals surface area (Å²) in [7, 11) is 0. The van der Waals surface area contributed by atoms with Crippen molar-refractivity contribution in [3.05, 3.63) is 23.9 Å². The van der Waals surface area contributed by atoms with Crippen molar-refractivity contribution in [3.63, 3.8) is 0 Å². The molecule has 5 nitrogen and oxygen atoms in total. The molecular weight excluding hydrogens is 312 g/mol. The first kappa shape index (κ1) is 16.8. The van der Waals surface area contributed by atoms with Gasteiger partial charge in [0.25, 0.3) is 5.91 Å². The largest absolute Gasteiger partial charge is 0.357 e. The fraction of sp³-hybridized carbons (Fsp3) is 0.700. The Morgan fingerprint density at radius 3 is 2.36 bits per heavy atom. The van der Waals surface area contributed by atoms with Crippen LogP contribution in [0.4, 0.5) is 5.82 Å². The molecule has 1 N–H and O–H groups in total. The minimum Gasteiger partial charge on any atom is -0.357 e. The summed E-state index contributed by atoms with van der Waals surface area (Å²) in [5.41, 5.74) is 1.19. The van der Waals surface area contributed by atoms with E-state index in [9.17, 15) is 4.79 Å². The van der Waals surface area contributed by atoms with Crippen LogP contribution in [0.5, 0.6) is 0 Å². The maximum Gasteiger partial charge on any atom is 0.255 e. The van der Waals surface area contributed by atoms with Crippen molar-refractivity contribution < 1.29 is 4.79 Å². The Hall–Kier alpha value is -1.62. The number of hydrogen-bond donors (Lipinski definition) is 1. The smallest absolute Gasteiger partial charge is 0.255 e. The molecule has 1 aromatic rings. The van der Waals surface area contributed by atoms with Gasteiger partial charge in [-0.3, -0.25) is 4.79 Å². The van der Waals surface area contributed by atoms with Gasteiger partial charge in [0.05, 0.1) is 5.56 Å². The molecule has 0 aliphatic carbocycles. The summed E-state index contributed by atoms with van der Waals surface area (Å²) in [6.45, 7) is 6.20. The van der Waals surface area contributed by atoms with E-state index >= 15 is 0 Å². The molecule has 3 saturated heterocycles. The van der Waals surface area contributed by atoms with Crippen molar-refractivity contribution in [1.82, 2.24) is 15.2 Å². The van der Waals surface area contributed by atoms with Crippen molar-refractivity contribution in [2.45, 2.75) is 44.9 Å². The van der Waals surface area contributed by atoms with E-state index in [0.29, 0.717) is 5.41 Å². The summed E-state index contributed by atoms with van der Waals surface area (Å²) < 4.78 is 0. The highest BCUT2D eigenvalue weighted by Crippen LogP contribution is 2.37. The molecule has 1 amide bonds. The van der Waals surface area contributed by atoms with Crippen LogP contribution in [0.25, 0.3) is 0 Å². The van der Waals surface area contributed by atoms with E-state index in [1.807, 2.05) is 17.0 Å². The lowest BCUT2D eigenvalue weighted by molar-refractivity contribution is 0.0607. The highest BCUT2D eigenvalue weighted by atomic mass is 16.2. The number of rotatable bonds is 2. The van der Waals surface area contributed by atoms with Gasteiger partial charge in [-0.1, -0.05) is 12.8 Å². The van der Waals surface area contributed by atoms with Crippen LogP contribution in [-0.2, 0) is 0 Å². The molecule has 136 valence electrons. The topological polar surface area (TPSA) is 48.5 Å². The Kier molecular flexibility index (Phi) is 4.93. The number of piperidine rings is 1. The number of carbonyl (C=O) groups is 1. The number of likely N-dealkylation sites (tertiary alicyclic amines) is 1. The number of carbonyl (C=O) groups excluding carboxylic acids is 1. The van der Waals surface area contributed by atoms with E-state index in [2.05, 4.69) is 15.2 Å². The van der Waals surface area contributed by atoms with Crippen molar-refractivity contribution in [1.29, 1.82) is 0 Å². The van der Waals surface area contributed by atoms with Gasteiger partial charge in [-0.2, -0.15) is 0 Å². The van der Waals surface area contributed by atoms with Crippen LogP contribution in [0.15, 0.2) is 18.3 Å². The van der Waals surface area contributed by atoms with Crippen LogP contribution in [0.1, 0.15) is 55.3 Å². The zero-order valence-corrected chi connectivity index (χ0v) is 15.2. The van der Waals surface area contributed by atoms with Crippen molar-refractivity contribution in [3.8, 4) is 0 Å². The van der Waals surface area contributed by atoms with Gasteiger partial charge in [0.15, 0.2) is 0 Å². The number of hydrogen-bond acceptors (Lipinski definition) is 4. The Labute approximate surface area is 150 Å². The van der Waals surface area contributed by atoms with Crippen LogP contribution >= 0.6 is 0 Å². The summed E-state index contributed by atoms with van der Waals surface area (Å²) in [5.74, 6) is 1.17. The summed E-state index contributed by atoms with van der Waals surface area (Å²) in [4.78, 5) is 21.8. The van der Waals surface area contributed by atoms with Gasteiger partial charge < -0.3 is 15.1 Å². The van der Waals surface area contributed by atoms with Gasteiger partial charge in [0, 0.05) is 38.9 Å². The molecule has 5 heteroatoms. The molecular formula is C20H30N4O. The number of anilines is 1. The first-order valence-electron chi connectivity index (χ1n) is 9.97. The molecule has 0 bridgehead atoms. The molecule has 0 aromatic carbocycles. The normalized spacial score (nSPS) is 23.7. The fourth-order valence-electron chi connectivity index (χ4n) is 4.59. The standard InChI is InChI=1S/C20H30N4O/c25-19(24-13-8-20(9-14-24)7-10-21-16-20)17-5-6-18(22-15-17)23-11-3-1-2-4-12-23/h5-6,15,21H,1-4,7-14,16H2. The molecule has 0 radical (unpaired) electrons. The third kappa shape index (κ3) is 3.66. The molecule has 4 heterocycles. The van der Waals surface area contributed by atoms with Crippen LogP contribution in [0, 0.1) is 5.41 Å². The van der Waals surface area contributed by atoms with Gasteiger partial charge in [0.1, 0.15) is 5.82 Å². The average molecular weight is 342 g/mol. The van der Waals surface area contributed by atoms with E-state index in [0.717, 1.165) is 63.5 Å². The third-order valence-electron chi connectivity index (χ3n) is 6.37. The quantitative estimate of drug-likeness (QED) is 0.898. The summed E-state index contributed by atoms with van der Waals surface area (Å²) >= 11 is 0. The summed E-state index contributed by atoms with van der Waals surface area (Å²) in [6, 6.07) is 4.00. The molecule has 0 atom stereocenters. The van der Waals surface area contributed by atoms with Crippen LogP contribution in [0.2, 0.25) is 0 Å². The summed E-state index contributed by atoms with van der Waals surface area (Å²) in [6.07, 6.45) is 10.4. The summed E-state index contributed by atoms with van der Waals surface area (Å²) in [5, 5.41) is 3.48. The molecule has 4 rings (SSSR count). The van der Waals surface area contributed by atoms with Crippen LogP contribution in [-0.4, -0.2) is 55.1 Å². The SMILES string of the molecule is O=C(c1ccc(N2CCCCCC2)nc1)N1CCC2(CCNC2)CC1. The molecule has 1 spiro atoms. The molecule has 3 aliphatic heterocycles. The van der Waals surface area contributed by atoms with Gasteiger partial charge in [-0.15, -0.1) is 0 Å². The van der Waals surface area contributed by atoms with Crippen LogP contribution < -0.4 is 10.2 Å². The maximum absolute atomic E-state index is 12.8. The first-order chi connectivity index (χ1) is 12.3. The van der Waals surface area contributed by atoms with E-state index in [4.69, 9.17) is 0 Å². The predicted molar refractivity (Wildman–Crippen MR) is 100.0 cm³/mol. The van der Waals surface area contributed by atoms with Gasteiger partial charge in [-0.05, 0) is 56.2 Å². The number of nitrogens with zero attached hydrogens (tertiary/aromatic N) is 3. The second kappa shape index (κ2) is 7.32. The molecule has 3 fully saturated rings. The lowest BCUT2D eigenvalue weighted by Crippen LogP contribution is -2.44. The Bertz CT molecular complexity index is 576. The average Bonchev–Trinajstić information content (AvgIpc) is 2.94. The Balaban J connectivity index is 1.37. The van der Waals surface area contributed by atoms with E-state index < -0.39 is 0 Å². The molecule has 25 heavy (non-hydrogen) atoms. The highest BCUT2D eigenvalue weighted by molar-refractivity contribution is 5.94. The van der Waals surface area contributed by atoms with Crippen LogP contribution in [0.3, 0.4) is 0 Å². The van der Waals surface area contributed by atoms with Crippen molar-refractivity contribution >= 4 is 11.7 Å². The second-order valence-electron chi connectivity index (χ2n) is 8.03. The highest BCUT2D eigenvalue weighted by Gasteiger charge is 2.38. The molecule has 1 aromatic heterocycles.